The maximum Gasteiger partial charge on any atom is 0.245 e. The second kappa shape index (κ2) is 6.34. The van der Waals surface area contributed by atoms with E-state index in [1.165, 1.54) is 12.8 Å². The molecule has 1 aliphatic carbocycles. The van der Waals surface area contributed by atoms with Gasteiger partial charge >= 0.3 is 0 Å². The van der Waals surface area contributed by atoms with Gasteiger partial charge < -0.3 is 15.5 Å². The van der Waals surface area contributed by atoms with Crippen LogP contribution in [0, 0.1) is 11.3 Å². The topological polar surface area (TPSA) is 61.4 Å². The highest BCUT2D eigenvalue weighted by Gasteiger charge is 2.44. The van der Waals surface area contributed by atoms with Gasteiger partial charge in [0.05, 0.1) is 6.54 Å². The van der Waals surface area contributed by atoms with Gasteiger partial charge in [0.15, 0.2) is 0 Å². The van der Waals surface area contributed by atoms with Crippen molar-refractivity contribution in [2.24, 2.45) is 11.3 Å². The number of carbonyl (C=O) groups excluding carboxylic acids is 2. The molecule has 5 nitrogen and oxygen atoms in total. The minimum Gasteiger partial charge on any atom is -0.343 e. The van der Waals surface area contributed by atoms with Crippen molar-refractivity contribution in [1.29, 1.82) is 0 Å². The number of nitrogens with zero attached hydrogens (tertiary/aromatic N) is 1. The van der Waals surface area contributed by atoms with Crippen LogP contribution in [-0.2, 0) is 9.59 Å². The van der Waals surface area contributed by atoms with Crippen molar-refractivity contribution in [3.8, 4) is 0 Å². The van der Waals surface area contributed by atoms with E-state index in [1.807, 2.05) is 25.7 Å². The summed E-state index contributed by atoms with van der Waals surface area (Å²) in [5, 5.41) is 5.75. The number of likely N-dealkylation sites (tertiary alicyclic amines) is 1. The number of hydrogen-bond acceptors (Lipinski definition) is 3. The summed E-state index contributed by atoms with van der Waals surface area (Å²) in [5.74, 6) is 0.664. The zero-order chi connectivity index (χ0) is 15.6. The van der Waals surface area contributed by atoms with E-state index in [0.29, 0.717) is 12.0 Å². The van der Waals surface area contributed by atoms with E-state index in [0.717, 1.165) is 19.4 Å². The lowest BCUT2D eigenvalue weighted by molar-refractivity contribution is -0.140. The molecule has 2 N–H and O–H groups in total. The smallest absolute Gasteiger partial charge is 0.245 e. The Morgan fingerprint density at radius 1 is 1.24 bits per heavy atom. The van der Waals surface area contributed by atoms with Crippen LogP contribution in [0.15, 0.2) is 0 Å². The minimum absolute atomic E-state index is 0.0985. The standard InChI is InChI=1S/C16H29N3O2/c1-16(2,3)14(18-13(20)10-17-4)15(21)19-9-8-11-6-5-7-12(11)19/h11-12,14,17H,5-10H2,1-4H3,(H,18,20)/t11-,12-,14?/m1/s1. The Bertz CT molecular complexity index is 403. The zero-order valence-corrected chi connectivity index (χ0v) is 13.7. The molecule has 1 heterocycles. The first-order valence-corrected chi connectivity index (χ1v) is 8.09. The van der Waals surface area contributed by atoms with Crippen molar-refractivity contribution in [2.75, 3.05) is 20.1 Å². The summed E-state index contributed by atoms with van der Waals surface area (Å²) < 4.78 is 0. The molecule has 1 saturated carbocycles. The van der Waals surface area contributed by atoms with E-state index in [9.17, 15) is 9.59 Å². The number of carbonyl (C=O) groups is 2. The minimum atomic E-state index is -0.447. The van der Waals surface area contributed by atoms with Crippen LogP contribution in [0.25, 0.3) is 0 Å². The van der Waals surface area contributed by atoms with Gasteiger partial charge in [-0.25, -0.2) is 0 Å². The second-order valence-corrected chi connectivity index (χ2v) is 7.48. The highest BCUT2D eigenvalue weighted by molar-refractivity contribution is 5.89. The van der Waals surface area contributed by atoms with Crippen LogP contribution in [0.5, 0.6) is 0 Å². The molecule has 0 radical (unpaired) electrons. The SMILES string of the molecule is CNCC(=O)NC(C(=O)N1CC[C@H]2CCC[C@H]21)C(C)(C)C. The molecule has 1 unspecified atom stereocenters. The lowest BCUT2D eigenvalue weighted by Crippen LogP contribution is -2.56. The average Bonchev–Trinajstić information content (AvgIpc) is 2.96. The number of likely N-dealkylation sites (N-methyl/N-ethyl adjacent to an activating group) is 1. The Labute approximate surface area is 127 Å². The zero-order valence-electron chi connectivity index (χ0n) is 13.7. The van der Waals surface area contributed by atoms with Crippen LogP contribution in [0.2, 0.25) is 0 Å². The number of fused-ring (bicyclic) bond motifs is 1. The Kier molecular flexibility index (Phi) is 4.91. The number of hydrogen-bond donors (Lipinski definition) is 2. The molecule has 0 bridgehead atoms. The maximum absolute atomic E-state index is 13.0. The second-order valence-electron chi connectivity index (χ2n) is 7.48. The van der Waals surface area contributed by atoms with Gasteiger partial charge in [-0.2, -0.15) is 0 Å². The average molecular weight is 295 g/mol. The number of rotatable bonds is 4. The molecule has 120 valence electrons. The Morgan fingerprint density at radius 3 is 2.57 bits per heavy atom. The van der Waals surface area contributed by atoms with E-state index in [1.54, 1.807) is 7.05 Å². The van der Waals surface area contributed by atoms with Crippen LogP contribution in [0.1, 0.15) is 46.5 Å². The fourth-order valence-corrected chi connectivity index (χ4v) is 3.70. The van der Waals surface area contributed by atoms with E-state index in [2.05, 4.69) is 10.6 Å². The van der Waals surface area contributed by atoms with Gasteiger partial charge in [0.2, 0.25) is 11.8 Å². The third-order valence-corrected chi connectivity index (χ3v) is 4.80. The summed E-state index contributed by atoms with van der Waals surface area (Å²) in [6, 6.07) is -0.0405. The first-order chi connectivity index (χ1) is 9.84. The molecule has 0 aromatic rings. The summed E-state index contributed by atoms with van der Waals surface area (Å²) in [6.07, 6.45) is 4.72. The van der Waals surface area contributed by atoms with Crippen LogP contribution >= 0.6 is 0 Å². The van der Waals surface area contributed by atoms with E-state index in [4.69, 9.17) is 0 Å². The quantitative estimate of drug-likeness (QED) is 0.817. The van der Waals surface area contributed by atoms with Gasteiger partial charge in [-0.15, -0.1) is 0 Å². The summed E-state index contributed by atoms with van der Waals surface area (Å²) >= 11 is 0. The third-order valence-electron chi connectivity index (χ3n) is 4.80. The molecular weight excluding hydrogens is 266 g/mol. The van der Waals surface area contributed by atoms with Gasteiger partial charge in [0.25, 0.3) is 0 Å². The fourth-order valence-electron chi connectivity index (χ4n) is 3.70. The molecule has 2 amide bonds. The molecular formula is C16H29N3O2. The highest BCUT2D eigenvalue weighted by Crippen LogP contribution is 2.38. The van der Waals surface area contributed by atoms with Gasteiger partial charge in [-0.3, -0.25) is 9.59 Å². The van der Waals surface area contributed by atoms with E-state index >= 15 is 0 Å². The predicted octanol–water partition coefficient (Wildman–Crippen LogP) is 1.14. The molecule has 1 aliphatic heterocycles. The van der Waals surface area contributed by atoms with Crippen molar-refractivity contribution in [3.05, 3.63) is 0 Å². The van der Waals surface area contributed by atoms with Crippen LogP contribution in [0.3, 0.4) is 0 Å². The van der Waals surface area contributed by atoms with Crippen LogP contribution < -0.4 is 10.6 Å². The monoisotopic (exact) mass is 295 g/mol. The molecule has 2 rings (SSSR count). The molecule has 0 aromatic heterocycles. The maximum atomic E-state index is 13.0. The summed E-state index contributed by atoms with van der Waals surface area (Å²) in [7, 11) is 1.73. The summed E-state index contributed by atoms with van der Waals surface area (Å²) in [4.78, 5) is 26.9. The summed E-state index contributed by atoms with van der Waals surface area (Å²) in [5.41, 5.74) is -0.281. The first kappa shape index (κ1) is 16.3. The van der Waals surface area contributed by atoms with Gasteiger partial charge in [-0.1, -0.05) is 27.2 Å². The number of amides is 2. The Balaban J connectivity index is 2.09. The molecule has 3 atom stereocenters. The van der Waals surface area contributed by atoms with Crippen LogP contribution in [0.4, 0.5) is 0 Å². The Hall–Kier alpha value is -1.10. The Morgan fingerprint density at radius 2 is 1.95 bits per heavy atom. The van der Waals surface area contributed by atoms with Gasteiger partial charge in [0.1, 0.15) is 6.04 Å². The number of nitrogens with one attached hydrogen (secondary N) is 2. The molecule has 1 saturated heterocycles. The van der Waals surface area contributed by atoms with Crippen molar-refractivity contribution in [1.82, 2.24) is 15.5 Å². The molecule has 2 aliphatic rings. The molecule has 5 heteroatoms. The highest BCUT2D eigenvalue weighted by atomic mass is 16.2. The largest absolute Gasteiger partial charge is 0.343 e. The van der Waals surface area contributed by atoms with Crippen molar-refractivity contribution < 1.29 is 9.59 Å². The molecule has 0 spiro atoms. The lowest BCUT2D eigenvalue weighted by Gasteiger charge is -2.35. The van der Waals surface area contributed by atoms with Crippen molar-refractivity contribution >= 4 is 11.8 Å². The van der Waals surface area contributed by atoms with Gasteiger partial charge in [-0.05, 0) is 37.6 Å². The molecule has 21 heavy (non-hydrogen) atoms. The molecule has 0 aromatic carbocycles. The van der Waals surface area contributed by atoms with E-state index in [-0.39, 0.29) is 23.8 Å². The molecule has 2 fully saturated rings. The lowest BCUT2D eigenvalue weighted by atomic mass is 9.85. The van der Waals surface area contributed by atoms with E-state index < -0.39 is 6.04 Å². The van der Waals surface area contributed by atoms with Gasteiger partial charge in [0, 0.05) is 12.6 Å². The van der Waals surface area contributed by atoms with Crippen molar-refractivity contribution in [2.45, 2.75) is 58.5 Å². The van der Waals surface area contributed by atoms with Crippen LogP contribution in [-0.4, -0.2) is 48.9 Å². The first-order valence-electron chi connectivity index (χ1n) is 8.09. The third kappa shape index (κ3) is 3.57. The predicted molar refractivity (Wildman–Crippen MR) is 82.8 cm³/mol. The normalized spacial score (nSPS) is 26.6. The summed E-state index contributed by atoms with van der Waals surface area (Å²) in [6.45, 7) is 7.13. The fraction of sp³-hybridized carbons (Fsp3) is 0.875. The van der Waals surface area contributed by atoms with Crippen molar-refractivity contribution in [3.63, 3.8) is 0 Å².